The van der Waals surface area contributed by atoms with E-state index in [4.69, 9.17) is 9.47 Å². The van der Waals surface area contributed by atoms with E-state index in [0.717, 1.165) is 43.1 Å². The molecule has 0 aliphatic carbocycles. The van der Waals surface area contributed by atoms with Gasteiger partial charge >= 0.3 is 0 Å². The van der Waals surface area contributed by atoms with E-state index in [1.165, 1.54) is 11.1 Å². The van der Waals surface area contributed by atoms with Gasteiger partial charge < -0.3 is 9.47 Å². The molecule has 3 rings (SSSR count). The van der Waals surface area contributed by atoms with Crippen LogP contribution in [0.5, 0.6) is 5.75 Å². The maximum atomic E-state index is 5.93. The Kier molecular flexibility index (Phi) is 5.48. The first-order valence-electron chi connectivity index (χ1n) is 7.56. The molecule has 0 unspecified atom stereocenters. The molecule has 0 aromatic heterocycles. The van der Waals surface area contributed by atoms with Crippen LogP contribution in [-0.2, 0) is 17.9 Å². The van der Waals surface area contributed by atoms with Crippen LogP contribution in [0.4, 0.5) is 0 Å². The first kappa shape index (κ1) is 15.5. The molecule has 116 valence electrons. The molecule has 22 heavy (non-hydrogen) atoms. The van der Waals surface area contributed by atoms with Crippen LogP contribution in [0.3, 0.4) is 0 Å². The fourth-order valence-corrected chi connectivity index (χ4v) is 3.07. The molecule has 2 aromatic carbocycles. The number of halogens is 1. The van der Waals surface area contributed by atoms with E-state index in [-0.39, 0.29) is 0 Å². The minimum Gasteiger partial charge on any atom is -0.489 e. The highest BCUT2D eigenvalue weighted by Gasteiger charge is 2.11. The highest BCUT2D eigenvalue weighted by atomic mass is 79.9. The lowest BCUT2D eigenvalue weighted by Gasteiger charge is -2.26. The Hall–Kier alpha value is -1.36. The summed E-state index contributed by atoms with van der Waals surface area (Å²) < 4.78 is 12.4. The second kappa shape index (κ2) is 7.77. The summed E-state index contributed by atoms with van der Waals surface area (Å²) in [4.78, 5) is 2.41. The van der Waals surface area contributed by atoms with Crippen molar-refractivity contribution in [2.24, 2.45) is 0 Å². The predicted octanol–water partition coefficient (Wildman–Crippen LogP) is 3.86. The third kappa shape index (κ3) is 4.57. The standard InChI is InChI=1S/C18H20BrNO2/c19-17-10-16(13-20-6-8-21-9-7-20)11-18(12-17)22-14-15-4-2-1-3-5-15/h1-5,10-12H,6-9,13-14H2. The van der Waals surface area contributed by atoms with Crippen molar-refractivity contribution < 1.29 is 9.47 Å². The van der Waals surface area contributed by atoms with Crippen molar-refractivity contribution in [3.05, 3.63) is 64.1 Å². The van der Waals surface area contributed by atoms with Gasteiger partial charge in [-0.05, 0) is 29.3 Å². The van der Waals surface area contributed by atoms with Crippen molar-refractivity contribution in [1.82, 2.24) is 4.90 Å². The van der Waals surface area contributed by atoms with Gasteiger partial charge in [-0.15, -0.1) is 0 Å². The second-order valence-electron chi connectivity index (χ2n) is 5.46. The molecule has 1 aliphatic heterocycles. The van der Waals surface area contributed by atoms with Crippen molar-refractivity contribution in [3.63, 3.8) is 0 Å². The maximum absolute atomic E-state index is 5.93. The van der Waals surface area contributed by atoms with Gasteiger partial charge in [0.05, 0.1) is 13.2 Å². The maximum Gasteiger partial charge on any atom is 0.121 e. The molecule has 0 N–H and O–H groups in total. The first-order chi connectivity index (χ1) is 10.8. The molecule has 1 heterocycles. The molecule has 3 nitrogen and oxygen atoms in total. The quantitative estimate of drug-likeness (QED) is 0.806. The van der Waals surface area contributed by atoms with E-state index in [1.807, 2.05) is 24.3 Å². The van der Waals surface area contributed by atoms with Crippen molar-refractivity contribution in [2.75, 3.05) is 26.3 Å². The van der Waals surface area contributed by atoms with E-state index in [2.05, 4.69) is 45.1 Å². The summed E-state index contributed by atoms with van der Waals surface area (Å²) in [6, 6.07) is 16.5. The average molecular weight is 362 g/mol. The third-order valence-corrected chi connectivity index (χ3v) is 4.15. The van der Waals surface area contributed by atoms with E-state index in [9.17, 15) is 0 Å². The fraction of sp³-hybridized carbons (Fsp3) is 0.333. The van der Waals surface area contributed by atoms with Crippen LogP contribution in [-0.4, -0.2) is 31.2 Å². The zero-order valence-corrected chi connectivity index (χ0v) is 14.1. The van der Waals surface area contributed by atoms with Gasteiger partial charge in [-0.3, -0.25) is 4.90 Å². The Morgan fingerprint density at radius 3 is 2.55 bits per heavy atom. The van der Waals surface area contributed by atoms with E-state index in [1.54, 1.807) is 0 Å². The lowest BCUT2D eigenvalue weighted by molar-refractivity contribution is 0.0341. The molecule has 0 atom stereocenters. The summed E-state index contributed by atoms with van der Waals surface area (Å²) in [5.41, 5.74) is 2.44. The van der Waals surface area contributed by atoms with Gasteiger partial charge in [-0.25, -0.2) is 0 Å². The molecule has 1 saturated heterocycles. The highest BCUT2D eigenvalue weighted by Crippen LogP contribution is 2.23. The molecule has 2 aromatic rings. The monoisotopic (exact) mass is 361 g/mol. The summed E-state index contributed by atoms with van der Waals surface area (Å²) in [6.45, 7) is 5.16. The van der Waals surface area contributed by atoms with Crippen molar-refractivity contribution in [3.8, 4) is 5.75 Å². The van der Waals surface area contributed by atoms with Gasteiger partial charge in [0.2, 0.25) is 0 Å². The summed E-state index contributed by atoms with van der Waals surface area (Å²) in [5, 5.41) is 0. The Bertz CT molecular complexity index is 597. The smallest absolute Gasteiger partial charge is 0.121 e. The van der Waals surface area contributed by atoms with Crippen LogP contribution in [0.25, 0.3) is 0 Å². The van der Waals surface area contributed by atoms with E-state index >= 15 is 0 Å². The van der Waals surface area contributed by atoms with Crippen LogP contribution in [0.15, 0.2) is 53.0 Å². The molecule has 1 fully saturated rings. The topological polar surface area (TPSA) is 21.7 Å². The van der Waals surface area contributed by atoms with Crippen molar-refractivity contribution in [2.45, 2.75) is 13.2 Å². The third-order valence-electron chi connectivity index (χ3n) is 3.69. The SMILES string of the molecule is Brc1cc(CN2CCOCC2)cc(OCc2ccccc2)c1. The molecular weight excluding hydrogens is 342 g/mol. The van der Waals surface area contributed by atoms with Crippen LogP contribution in [0.2, 0.25) is 0 Å². The van der Waals surface area contributed by atoms with Crippen molar-refractivity contribution in [1.29, 1.82) is 0 Å². The lowest BCUT2D eigenvalue weighted by atomic mass is 10.2. The summed E-state index contributed by atoms with van der Waals surface area (Å²) in [6.07, 6.45) is 0. The number of rotatable bonds is 5. The molecule has 0 amide bonds. The zero-order valence-electron chi connectivity index (χ0n) is 12.5. The number of morpholine rings is 1. The van der Waals surface area contributed by atoms with Crippen LogP contribution < -0.4 is 4.74 Å². The van der Waals surface area contributed by atoms with Crippen LogP contribution in [0.1, 0.15) is 11.1 Å². The van der Waals surface area contributed by atoms with Gasteiger partial charge in [0.1, 0.15) is 12.4 Å². The fourth-order valence-electron chi connectivity index (χ4n) is 2.55. The van der Waals surface area contributed by atoms with Gasteiger partial charge in [-0.2, -0.15) is 0 Å². The molecular formula is C18H20BrNO2. The predicted molar refractivity (Wildman–Crippen MR) is 91.0 cm³/mol. The Labute approximate surface area is 140 Å². The lowest BCUT2D eigenvalue weighted by Crippen LogP contribution is -2.35. The molecule has 4 heteroatoms. The first-order valence-corrected chi connectivity index (χ1v) is 8.35. The largest absolute Gasteiger partial charge is 0.489 e. The molecule has 0 radical (unpaired) electrons. The van der Waals surface area contributed by atoms with Gasteiger partial charge in [-0.1, -0.05) is 46.3 Å². The van der Waals surface area contributed by atoms with Crippen molar-refractivity contribution >= 4 is 15.9 Å². The summed E-state index contributed by atoms with van der Waals surface area (Å²) in [5.74, 6) is 0.904. The van der Waals surface area contributed by atoms with E-state index in [0.29, 0.717) is 6.61 Å². The molecule has 0 spiro atoms. The van der Waals surface area contributed by atoms with Crippen LogP contribution in [0, 0.1) is 0 Å². The normalized spacial score (nSPS) is 15.7. The molecule has 1 aliphatic rings. The Morgan fingerprint density at radius 1 is 1.00 bits per heavy atom. The summed E-state index contributed by atoms with van der Waals surface area (Å²) >= 11 is 3.58. The van der Waals surface area contributed by atoms with E-state index < -0.39 is 0 Å². The summed E-state index contributed by atoms with van der Waals surface area (Å²) in [7, 11) is 0. The molecule has 0 bridgehead atoms. The van der Waals surface area contributed by atoms with Gasteiger partial charge in [0.25, 0.3) is 0 Å². The number of hydrogen-bond acceptors (Lipinski definition) is 3. The van der Waals surface area contributed by atoms with Crippen LogP contribution >= 0.6 is 15.9 Å². The average Bonchev–Trinajstić information content (AvgIpc) is 2.54. The Morgan fingerprint density at radius 2 is 1.77 bits per heavy atom. The van der Waals surface area contributed by atoms with Gasteiger partial charge in [0.15, 0.2) is 0 Å². The number of hydrogen-bond donors (Lipinski definition) is 0. The minimum atomic E-state index is 0.592. The number of benzene rings is 2. The second-order valence-corrected chi connectivity index (χ2v) is 6.37. The number of nitrogens with zero attached hydrogens (tertiary/aromatic N) is 1. The highest BCUT2D eigenvalue weighted by molar-refractivity contribution is 9.10. The number of ether oxygens (including phenoxy) is 2. The molecule has 0 saturated carbocycles. The van der Waals surface area contributed by atoms with Gasteiger partial charge in [0, 0.05) is 24.1 Å². The zero-order chi connectivity index (χ0) is 15.2. The Balaban J connectivity index is 1.64. The minimum absolute atomic E-state index is 0.592.